The fraction of sp³-hybridized carbons (Fsp3) is 0.333. The van der Waals surface area contributed by atoms with Crippen molar-refractivity contribution in [1.29, 1.82) is 0 Å². The molecule has 1 saturated carbocycles. The Morgan fingerprint density at radius 1 is 0.971 bits per heavy atom. The van der Waals surface area contributed by atoms with E-state index < -0.39 is 17.2 Å². The Morgan fingerprint density at radius 3 is 2.15 bits per heavy atom. The molecule has 2 atom stereocenters. The second-order valence-corrected chi connectivity index (χ2v) is 9.22. The van der Waals surface area contributed by atoms with E-state index in [0.717, 1.165) is 30.7 Å². The van der Waals surface area contributed by atoms with Crippen LogP contribution < -0.4 is 20.1 Å². The van der Waals surface area contributed by atoms with Crippen LogP contribution >= 0.6 is 23.2 Å². The van der Waals surface area contributed by atoms with Gasteiger partial charge in [0.25, 0.3) is 11.8 Å². The second kappa shape index (κ2) is 10.2. The molecular weight excluding hydrogens is 489 g/mol. The normalized spacial score (nSPS) is 20.9. The summed E-state index contributed by atoms with van der Waals surface area (Å²) in [6.07, 6.45) is 4.72. The molecule has 0 saturated heterocycles. The van der Waals surface area contributed by atoms with Gasteiger partial charge in [-0.25, -0.2) is 8.78 Å². The van der Waals surface area contributed by atoms with Crippen LogP contribution in [0, 0.1) is 17.6 Å². The Morgan fingerprint density at radius 2 is 1.56 bits per heavy atom. The molecule has 2 aliphatic rings. The minimum Gasteiger partial charge on any atom is -0.484 e. The lowest BCUT2D eigenvalue weighted by molar-refractivity contribution is -0.125. The first-order valence-electron chi connectivity index (χ1n) is 10.7. The van der Waals surface area contributed by atoms with E-state index in [2.05, 4.69) is 10.6 Å². The predicted molar refractivity (Wildman–Crippen MR) is 123 cm³/mol. The number of ether oxygens (including phenoxy) is 2. The van der Waals surface area contributed by atoms with Gasteiger partial charge in [-0.15, -0.1) is 0 Å². The molecule has 0 spiro atoms. The highest BCUT2D eigenvalue weighted by Gasteiger charge is 2.44. The number of carbonyl (C=O) groups is 2. The molecule has 6 nitrogen and oxygen atoms in total. The van der Waals surface area contributed by atoms with Gasteiger partial charge in [0.15, 0.2) is 13.2 Å². The molecule has 2 N–H and O–H groups in total. The van der Waals surface area contributed by atoms with Crippen LogP contribution in [0.2, 0.25) is 10.0 Å². The van der Waals surface area contributed by atoms with Crippen LogP contribution in [-0.4, -0.2) is 30.6 Å². The topological polar surface area (TPSA) is 76.7 Å². The predicted octanol–water partition coefficient (Wildman–Crippen LogP) is 4.79. The number of rotatable bonds is 8. The van der Waals surface area contributed by atoms with E-state index in [1.165, 1.54) is 24.3 Å². The minimum atomic E-state index is -0.621. The molecule has 4 rings (SSSR count). The van der Waals surface area contributed by atoms with Crippen molar-refractivity contribution < 1.29 is 27.8 Å². The van der Waals surface area contributed by atoms with E-state index in [4.69, 9.17) is 32.7 Å². The van der Waals surface area contributed by atoms with Crippen LogP contribution in [0.3, 0.4) is 0 Å². The van der Waals surface area contributed by atoms with E-state index in [1.54, 1.807) is 0 Å². The van der Waals surface area contributed by atoms with Gasteiger partial charge in [-0.1, -0.05) is 29.3 Å². The lowest BCUT2D eigenvalue weighted by Gasteiger charge is -2.33. The van der Waals surface area contributed by atoms with Crippen molar-refractivity contribution in [3.8, 4) is 11.5 Å². The number of hydrogen-bond donors (Lipinski definition) is 2. The van der Waals surface area contributed by atoms with Crippen molar-refractivity contribution in [1.82, 2.24) is 10.6 Å². The first-order chi connectivity index (χ1) is 16.2. The molecule has 0 heterocycles. The average molecular weight is 511 g/mol. The van der Waals surface area contributed by atoms with Crippen molar-refractivity contribution in [2.24, 2.45) is 5.92 Å². The molecule has 2 amide bonds. The molecule has 180 valence electrons. The Balaban J connectivity index is 1.26. The Labute approximate surface area is 205 Å². The second-order valence-electron chi connectivity index (χ2n) is 8.41. The third kappa shape index (κ3) is 5.80. The lowest BCUT2D eigenvalue weighted by atomic mass is 9.85. The molecule has 0 aromatic heterocycles. The van der Waals surface area contributed by atoms with Crippen LogP contribution in [0.5, 0.6) is 11.5 Å². The van der Waals surface area contributed by atoms with Gasteiger partial charge in [0.1, 0.15) is 23.1 Å². The third-order valence-electron chi connectivity index (χ3n) is 5.97. The Bertz CT molecular complexity index is 1140. The van der Waals surface area contributed by atoms with Gasteiger partial charge in [0.2, 0.25) is 0 Å². The van der Waals surface area contributed by atoms with Crippen LogP contribution in [0.1, 0.15) is 25.7 Å². The van der Waals surface area contributed by atoms with E-state index in [9.17, 15) is 18.4 Å². The molecule has 1 fully saturated rings. The summed E-state index contributed by atoms with van der Waals surface area (Å²) >= 11 is 11.3. The highest BCUT2D eigenvalue weighted by atomic mass is 35.5. The van der Waals surface area contributed by atoms with Gasteiger partial charge in [-0.3, -0.25) is 9.59 Å². The molecule has 2 aromatic carbocycles. The molecule has 0 aliphatic heterocycles. The van der Waals surface area contributed by atoms with Gasteiger partial charge in [-0.05, 0) is 49.9 Å². The summed E-state index contributed by atoms with van der Waals surface area (Å²) in [5.74, 6) is -1.37. The van der Waals surface area contributed by atoms with Gasteiger partial charge in [0, 0.05) is 29.3 Å². The number of benzene rings is 2. The van der Waals surface area contributed by atoms with E-state index in [1.807, 2.05) is 6.08 Å². The molecule has 0 radical (unpaired) electrons. The van der Waals surface area contributed by atoms with E-state index in [0.29, 0.717) is 12.8 Å². The molecule has 10 heteroatoms. The average Bonchev–Trinajstić information content (AvgIpc) is 3.15. The number of halogens is 4. The monoisotopic (exact) mass is 510 g/mol. The van der Waals surface area contributed by atoms with Gasteiger partial charge < -0.3 is 20.1 Å². The van der Waals surface area contributed by atoms with Gasteiger partial charge in [-0.2, -0.15) is 0 Å². The number of nitrogens with one attached hydrogen (secondary N) is 2. The Hall–Kier alpha value is -2.84. The number of allylic oxidation sites excluding steroid dienone is 1. The van der Waals surface area contributed by atoms with E-state index in [-0.39, 0.29) is 52.5 Å². The summed E-state index contributed by atoms with van der Waals surface area (Å²) in [7, 11) is 0. The first-order valence-corrected chi connectivity index (χ1v) is 11.5. The fourth-order valence-corrected chi connectivity index (χ4v) is 4.56. The van der Waals surface area contributed by atoms with Crippen LogP contribution in [0.4, 0.5) is 8.78 Å². The lowest BCUT2D eigenvalue weighted by Crippen LogP contribution is -2.49. The summed E-state index contributed by atoms with van der Waals surface area (Å²) in [4.78, 5) is 24.8. The maximum atomic E-state index is 13.5. The third-order valence-corrected chi connectivity index (χ3v) is 6.58. The van der Waals surface area contributed by atoms with Gasteiger partial charge >= 0.3 is 0 Å². The summed E-state index contributed by atoms with van der Waals surface area (Å²) in [6.45, 7) is -0.515. The smallest absolute Gasteiger partial charge is 0.262 e. The van der Waals surface area contributed by atoms with Crippen LogP contribution in [0.25, 0.3) is 0 Å². The molecule has 2 unspecified atom stereocenters. The van der Waals surface area contributed by atoms with Crippen LogP contribution in [-0.2, 0) is 9.59 Å². The highest BCUT2D eigenvalue weighted by Crippen LogP contribution is 2.44. The van der Waals surface area contributed by atoms with Crippen molar-refractivity contribution in [2.75, 3.05) is 13.2 Å². The molecule has 2 bridgehead atoms. The van der Waals surface area contributed by atoms with Crippen molar-refractivity contribution in [3.05, 3.63) is 69.9 Å². The number of carbonyl (C=O) groups excluding carboxylic acids is 2. The Kier molecular flexibility index (Phi) is 7.28. The minimum absolute atomic E-state index is 0.0185. The zero-order chi connectivity index (χ0) is 24.3. The number of hydrogen-bond acceptors (Lipinski definition) is 4. The van der Waals surface area contributed by atoms with Gasteiger partial charge in [0.05, 0.1) is 10.0 Å². The quantitative estimate of drug-likeness (QED) is 0.535. The standard InChI is InChI=1S/C24H22Cl2F2N2O4/c25-17-3-1-15(9-19(17)27)33-12-22(31)29-21-6-8-24(7-5-14(21)11-24)30-23(32)13-34-16-2-4-18(26)20(28)10-16/h1-4,6,9-10,14H,5,7-8,11-13H2,(H,29,31)(H,30,32). The summed E-state index contributed by atoms with van der Waals surface area (Å²) < 4.78 is 37.7. The fourth-order valence-electron chi connectivity index (χ4n) is 4.33. The summed E-state index contributed by atoms with van der Waals surface area (Å²) in [5, 5.41) is 5.86. The molecular formula is C24H22Cl2F2N2O4. The summed E-state index contributed by atoms with van der Waals surface area (Å²) in [6, 6.07) is 7.96. The SMILES string of the molecule is O=C(COc1ccc(Cl)c(F)c1)NC1=CCC2(NC(=O)COc3ccc(Cl)c(F)c3)CCC1C2. The largest absolute Gasteiger partial charge is 0.484 e. The number of amides is 2. The maximum absolute atomic E-state index is 13.5. The van der Waals surface area contributed by atoms with Crippen molar-refractivity contribution in [2.45, 2.75) is 31.2 Å². The van der Waals surface area contributed by atoms with Crippen LogP contribution in [0.15, 0.2) is 48.2 Å². The molecule has 2 aromatic rings. The number of fused-ring (bicyclic) bond motifs is 2. The van der Waals surface area contributed by atoms with E-state index >= 15 is 0 Å². The maximum Gasteiger partial charge on any atom is 0.262 e. The molecule has 2 aliphatic carbocycles. The highest BCUT2D eigenvalue weighted by molar-refractivity contribution is 6.31. The zero-order valence-corrected chi connectivity index (χ0v) is 19.5. The first kappa shape index (κ1) is 24.3. The summed E-state index contributed by atoms with van der Waals surface area (Å²) in [5.41, 5.74) is 0.396. The van der Waals surface area contributed by atoms with Crippen molar-refractivity contribution >= 4 is 35.0 Å². The molecule has 34 heavy (non-hydrogen) atoms. The zero-order valence-electron chi connectivity index (χ0n) is 18.0. The van der Waals surface area contributed by atoms with Crippen molar-refractivity contribution in [3.63, 3.8) is 0 Å².